The summed E-state index contributed by atoms with van der Waals surface area (Å²) < 4.78 is 11.0. The van der Waals surface area contributed by atoms with Crippen LogP contribution in [0.3, 0.4) is 0 Å². The molecule has 10 heteroatoms. The smallest absolute Gasteiger partial charge is 0.404 e. The van der Waals surface area contributed by atoms with Gasteiger partial charge in [-0.1, -0.05) is 0 Å². The van der Waals surface area contributed by atoms with Crippen molar-refractivity contribution in [1.29, 1.82) is 0 Å². The van der Waals surface area contributed by atoms with Crippen LogP contribution >= 0.6 is 0 Å². The number of Topliss-reactive ketones (excluding diaryl/α,β-unsaturated/α-hetero) is 2. The van der Waals surface area contributed by atoms with E-state index in [1.807, 2.05) is 23.9 Å². The van der Waals surface area contributed by atoms with Crippen LogP contribution in [-0.4, -0.2) is 98.4 Å². The minimum absolute atomic E-state index is 0.0513. The van der Waals surface area contributed by atoms with Gasteiger partial charge in [-0.05, 0) is 21.0 Å². The van der Waals surface area contributed by atoms with Gasteiger partial charge in [-0.25, -0.2) is 4.79 Å². The fourth-order valence-electron chi connectivity index (χ4n) is 4.96. The minimum Gasteiger partial charge on any atom is -0.449 e. The Kier molecular flexibility index (Phi) is 4.75. The number of amides is 1. The van der Waals surface area contributed by atoms with Gasteiger partial charge in [0.1, 0.15) is 6.61 Å². The molecule has 0 bridgehead atoms. The molecular weight excluding hydrogens is 378 g/mol. The molecule has 10 nitrogen and oxygen atoms in total. The zero-order valence-electron chi connectivity index (χ0n) is 17.1. The van der Waals surface area contributed by atoms with E-state index in [9.17, 15) is 14.4 Å². The van der Waals surface area contributed by atoms with Gasteiger partial charge in [-0.15, -0.1) is 0 Å². The Labute approximate surface area is 169 Å². The molecule has 3 N–H and O–H groups in total. The first-order valence-electron chi connectivity index (χ1n) is 9.77. The number of hydrogen-bond acceptors (Lipinski definition) is 9. The molecule has 5 unspecified atom stereocenters. The number of piperazine rings is 1. The predicted octanol–water partition coefficient (Wildman–Crippen LogP) is -1.25. The first-order chi connectivity index (χ1) is 13.7. The van der Waals surface area contributed by atoms with E-state index in [-0.39, 0.29) is 36.0 Å². The lowest BCUT2D eigenvalue weighted by atomic mass is 9.78. The average molecular weight is 405 g/mol. The molecule has 3 aliphatic heterocycles. The second-order valence-electron chi connectivity index (χ2n) is 8.25. The van der Waals surface area contributed by atoms with E-state index >= 15 is 0 Å². The molecule has 1 amide bonds. The highest BCUT2D eigenvalue weighted by atomic mass is 16.6. The Morgan fingerprint density at radius 3 is 2.76 bits per heavy atom. The molecule has 158 valence electrons. The van der Waals surface area contributed by atoms with E-state index in [4.69, 9.17) is 15.2 Å². The van der Waals surface area contributed by atoms with Crippen LogP contribution in [0.1, 0.15) is 6.92 Å². The van der Waals surface area contributed by atoms with Crippen LogP contribution in [0, 0.1) is 11.8 Å². The highest BCUT2D eigenvalue weighted by Crippen LogP contribution is 2.55. The van der Waals surface area contributed by atoms with Crippen molar-refractivity contribution in [2.24, 2.45) is 22.6 Å². The van der Waals surface area contributed by atoms with E-state index in [1.54, 1.807) is 14.0 Å². The van der Waals surface area contributed by atoms with Crippen molar-refractivity contribution < 1.29 is 23.9 Å². The third-order valence-corrected chi connectivity index (χ3v) is 6.37. The molecule has 3 heterocycles. The van der Waals surface area contributed by atoms with Gasteiger partial charge in [0.15, 0.2) is 11.5 Å². The number of fused-ring (bicyclic) bond motifs is 4. The van der Waals surface area contributed by atoms with E-state index < -0.39 is 23.7 Å². The number of primary amides is 1. The van der Waals surface area contributed by atoms with Crippen LogP contribution in [0.4, 0.5) is 4.79 Å². The molecule has 5 atom stereocenters. The average Bonchev–Trinajstić information content (AvgIpc) is 3.27. The largest absolute Gasteiger partial charge is 0.449 e. The third-order valence-electron chi connectivity index (χ3n) is 6.37. The Bertz CT molecular complexity index is 837. The molecule has 0 aromatic rings. The summed E-state index contributed by atoms with van der Waals surface area (Å²) in [6.07, 6.45) is -0.932. The molecule has 4 rings (SSSR count). The molecule has 0 radical (unpaired) electrons. The minimum atomic E-state index is -0.949. The molecule has 0 aromatic heterocycles. The zero-order valence-corrected chi connectivity index (χ0v) is 17.1. The van der Waals surface area contributed by atoms with E-state index in [0.29, 0.717) is 30.9 Å². The zero-order chi connectivity index (χ0) is 21.1. The van der Waals surface area contributed by atoms with Crippen LogP contribution in [0.15, 0.2) is 16.3 Å². The van der Waals surface area contributed by atoms with Crippen LogP contribution in [0.5, 0.6) is 0 Å². The molecule has 29 heavy (non-hydrogen) atoms. The number of nitrogens with zero attached hydrogens (tertiary/aromatic N) is 3. The molecule has 0 saturated carbocycles. The van der Waals surface area contributed by atoms with Gasteiger partial charge < -0.3 is 30.3 Å². The van der Waals surface area contributed by atoms with Crippen molar-refractivity contribution in [1.82, 2.24) is 15.1 Å². The van der Waals surface area contributed by atoms with Crippen molar-refractivity contribution >= 4 is 23.4 Å². The summed E-state index contributed by atoms with van der Waals surface area (Å²) in [5, 5.41) is 3.33. The summed E-state index contributed by atoms with van der Waals surface area (Å²) in [6.45, 7) is 3.22. The standard InChI is InChI=1S/C19H27N5O5/c1-9-13(21-5-6-23(2)3)16(26)12-10(8-29-18(20)27)19(28-4)17-11(22-17)7-24(19)14(12)15(9)25/h9-11,17,22H,5-8H2,1-4H3,(H2,20,27). The number of ether oxygens (including phenoxy) is 2. The summed E-state index contributed by atoms with van der Waals surface area (Å²) in [6, 6.07) is 0.123. The number of hydrogen-bond donors (Lipinski definition) is 2. The Balaban J connectivity index is 1.76. The molecular formula is C19H27N5O5. The fraction of sp³-hybridized carbons (Fsp3) is 0.684. The van der Waals surface area contributed by atoms with Gasteiger partial charge in [-0.3, -0.25) is 14.6 Å². The molecule has 2 saturated heterocycles. The second kappa shape index (κ2) is 6.89. The van der Waals surface area contributed by atoms with Crippen LogP contribution in [-0.2, 0) is 19.1 Å². The van der Waals surface area contributed by atoms with Crippen LogP contribution < -0.4 is 11.1 Å². The summed E-state index contributed by atoms with van der Waals surface area (Å²) in [5.74, 6) is -1.67. The lowest BCUT2D eigenvalue weighted by Gasteiger charge is -2.39. The van der Waals surface area contributed by atoms with Crippen molar-refractivity contribution in [3.05, 3.63) is 11.3 Å². The number of likely N-dealkylation sites (N-methyl/N-ethyl adjacent to an activating group) is 1. The van der Waals surface area contributed by atoms with E-state index in [1.165, 1.54) is 0 Å². The fourth-order valence-corrected chi connectivity index (χ4v) is 4.96. The highest BCUT2D eigenvalue weighted by molar-refractivity contribution is 6.53. The van der Waals surface area contributed by atoms with Gasteiger partial charge in [0.05, 0.1) is 35.8 Å². The monoisotopic (exact) mass is 405 g/mol. The van der Waals surface area contributed by atoms with Gasteiger partial charge in [0.25, 0.3) is 0 Å². The highest BCUT2D eigenvalue weighted by Gasteiger charge is 2.73. The van der Waals surface area contributed by atoms with Crippen LogP contribution in [0.2, 0.25) is 0 Å². The van der Waals surface area contributed by atoms with E-state index in [2.05, 4.69) is 10.3 Å². The molecule has 4 aliphatic rings. The molecule has 0 spiro atoms. The molecule has 2 fully saturated rings. The SMILES string of the molecule is COC12C(COC(N)=O)C3=C(C(=O)C(C)C(=NCCN(C)C)C3=O)N1CC1NC12. The molecule has 0 aromatic carbocycles. The lowest BCUT2D eigenvalue weighted by molar-refractivity contribution is -0.138. The summed E-state index contributed by atoms with van der Waals surface area (Å²) in [7, 11) is 5.39. The number of carbonyl (C=O) groups is 3. The van der Waals surface area contributed by atoms with E-state index in [0.717, 1.165) is 0 Å². The maximum atomic E-state index is 13.5. The third kappa shape index (κ3) is 2.81. The summed E-state index contributed by atoms with van der Waals surface area (Å²) >= 11 is 0. The molecule has 1 aliphatic carbocycles. The topological polar surface area (TPSA) is 136 Å². The van der Waals surface area contributed by atoms with Crippen molar-refractivity contribution in [2.45, 2.75) is 24.7 Å². The van der Waals surface area contributed by atoms with Crippen molar-refractivity contribution in [2.75, 3.05) is 47.4 Å². The maximum absolute atomic E-state index is 13.5. The Morgan fingerprint density at radius 2 is 2.14 bits per heavy atom. The van der Waals surface area contributed by atoms with Crippen LogP contribution in [0.25, 0.3) is 0 Å². The normalized spacial score (nSPS) is 36.6. The van der Waals surface area contributed by atoms with Gasteiger partial charge in [0, 0.05) is 31.8 Å². The van der Waals surface area contributed by atoms with Crippen molar-refractivity contribution in [3.8, 4) is 0 Å². The second-order valence-corrected chi connectivity index (χ2v) is 8.25. The number of carbonyl (C=O) groups excluding carboxylic acids is 3. The maximum Gasteiger partial charge on any atom is 0.404 e. The van der Waals surface area contributed by atoms with Crippen molar-refractivity contribution in [3.63, 3.8) is 0 Å². The number of aliphatic imine (C=N–C) groups is 1. The number of ketones is 2. The Hall–Kier alpha value is -2.30. The number of rotatable bonds is 6. The summed E-state index contributed by atoms with van der Waals surface area (Å²) in [5.41, 5.74) is 5.19. The first kappa shape index (κ1) is 20.0. The number of nitrogens with two attached hydrogens (primary N) is 1. The van der Waals surface area contributed by atoms with Gasteiger partial charge >= 0.3 is 6.09 Å². The van der Waals surface area contributed by atoms with Gasteiger partial charge in [-0.2, -0.15) is 0 Å². The summed E-state index contributed by atoms with van der Waals surface area (Å²) in [4.78, 5) is 46.4. The number of methoxy groups -OCH3 is 1. The lowest BCUT2D eigenvalue weighted by Crippen LogP contribution is -2.55. The van der Waals surface area contributed by atoms with Gasteiger partial charge in [0.2, 0.25) is 5.78 Å². The number of allylic oxidation sites excluding steroid dienone is 1. The predicted molar refractivity (Wildman–Crippen MR) is 103 cm³/mol. The number of nitrogens with one attached hydrogen (secondary N) is 1. The quantitative estimate of drug-likeness (QED) is 0.524. The first-order valence-corrected chi connectivity index (χ1v) is 9.77. The Morgan fingerprint density at radius 1 is 1.41 bits per heavy atom.